The quantitative estimate of drug-likeness (QED) is 0.558. The Morgan fingerprint density at radius 3 is 2.84 bits per heavy atom. The molecule has 6 nitrogen and oxygen atoms in total. The molecule has 0 spiro atoms. The lowest BCUT2D eigenvalue weighted by molar-refractivity contribution is -0.121. The average molecular weight is 263 g/mol. The number of rotatable bonds is 7. The van der Waals surface area contributed by atoms with Gasteiger partial charge in [-0.3, -0.25) is 9.48 Å². The van der Waals surface area contributed by atoms with Gasteiger partial charge in [0.05, 0.1) is 11.8 Å². The van der Waals surface area contributed by atoms with E-state index in [1.165, 1.54) is 0 Å². The van der Waals surface area contributed by atoms with Gasteiger partial charge in [-0.15, -0.1) is 0 Å². The number of aromatic nitrogens is 2. The van der Waals surface area contributed by atoms with Crippen molar-refractivity contribution >= 4 is 5.91 Å². The van der Waals surface area contributed by atoms with Gasteiger partial charge in [0.25, 0.3) is 0 Å². The van der Waals surface area contributed by atoms with E-state index in [1.807, 2.05) is 19.9 Å². The van der Waals surface area contributed by atoms with E-state index in [0.29, 0.717) is 0 Å². The molecular weight excluding hydrogens is 242 g/mol. The molecule has 1 aromatic rings. The summed E-state index contributed by atoms with van der Waals surface area (Å²) in [7, 11) is 0. The number of carbonyl (C=O) groups excluding carboxylic acids is 1. The van der Waals surface area contributed by atoms with Gasteiger partial charge in [-0.2, -0.15) is 10.4 Å². The Morgan fingerprint density at radius 1 is 1.47 bits per heavy atom. The van der Waals surface area contributed by atoms with Gasteiger partial charge in [0.2, 0.25) is 5.91 Å². The van der Waals surface area contributed by atoms with E-state index in [-0.39, 0.29) is 19.0 Å². The van der Waals surface area contributed by atoms with Crippen molar-refractivity contribution < 1.29 is 4.79 Å². The van der Waals surface area contributed by atoms with Crippen LogP contribution in [0.2, 0.25) is 0 Å². The molecule has 1 aromatic heterocycles. The van der Waals surface area contributed by atoms with Crippen molar-refractivity contribution in [3.63, 3.8) is 0 Å². The van der Waals surface area contributed by atoms with E-state index in [9.17, 15) is 4.79 Å². The summed E-state index contributed by atoms with van der Waals surface area (Å²) in [5, 5.41) is 18.6. The second-order valence-electron chi connectivity index (χ2n) is 4.42. The standard InChI is InChI=1S/C13H21N5O/c1-4-6-15-8-12-10(2)17-18(11(12)3)9-13(19)16-7-5-14/h15H,4,6-9H2,1-3H3,(H,16,19). The Hall–Kier alpha value is -1.87. The highest BCUT2D eigenvalue weighted by atomic mass is 16.2. The van der Waals surface area contributed by atoms with Gasteiger partial charge in [-0.1, -0.05) is 6.92 Å². The van der Waals surface area contributed by atoms with E-state index in [4.69, 9.17) is 5.26 Å². The summed E-state index contributed by atoms with van der Waals surface area (Å²) in [6.45, 7) is 7.94. The second kappa shape index (κ2) is 7.54. The first-order valence-electron chi connectivity index (χ1n) is 6.47. The predicted octanol–water partition coefficient (Wildman–Crippen LogP) is 0.639. The third-order valence-corrected chi connectivity index (χ3v) is 2.92. The van der Waals surface area contributed by atoms with Crippen LogP contribution in [0.15, 0.2) is 0 Å². The molecule has 0 fully saturated rings. The molecule has 0 aliphatic heterocycles. The van der Waals surface area contributed by atoms with E-state index in [1.54, 1.807) is 4.68 Å². The van der Waals surface area contributed by atoms with E-state index >= 15 is 0 Å². The van der Waals surface area contributed by atoms with Crippen molar-refractivity contribution in [2.75, 3.05) is 13.1 Å². The molecule has 0 unspecified atom stereocenters. The van der Waals surface area contributed by atoms with Gasteiger partial charge in [0, 0.05) is 17.8 Å². The molecule has 1 heterocycles. The van der Waals surface area contributed by atoms with Crippen molar-refractivity contribution in [2.45, 2.75) is 40.3 Å². The highest BCUT2D eigenvalue weighted by Crippen LogP contribution is 2.12. The molecule has 1 amide bonds. The summed E-state index contributed by atoms with van der Waals surface area (Å²) in [5.74, 6) is -0.194. The van der Waals surface area contributed by atoms with Crippen LogP contribution in [0.1, 0.15) is 30.3 Å². The SMILES string of the molecule is CCCNCc1c(C)nn(CC(=O)NCC#N)c1C. The lowest BCUT2D eigenvalue weighted by Crippen LogP contribution is -2.28. The molecular formula is C13H21N5O. The second-order valence-corrected chi connectivity index (χ2v) is 4.42. The molecule has 6 heteroatoms. The van der Waals surface area contributed by atoms with Crippen LogP contribution in [0, 0.1) is 25.2 Å². The number of carbonyl (C=O) groups is 1. The van der Waals surface area contributed by atoms with Crippen LogP contribution in [0.4, 0.5) is 0 Å². The molecule has 0 atom stereocenters. The van der Waals surface area contributed by atoms with Crippen LogP contribution >= 0.6 is 0 Å². The van der Waals surface area contributed by atoms with Crippen LogP contribution < -0.4 is 10.6 Å². The van der Waals surface area contributed by atoms with E-state index < -0.39 is 0 Å². The lowest BCUT2D eigenvalue weighted by Gasteiger charge is -2.06. The summed E-state index contributed by atoms with van der Waals surface area (Å²) in [6.07, 6.45) is 1.09. The number of nitriles is 1. The predicted molar refractivity (Wildman–Crippen MR) is 72.3 cm³/mol. The molecule has 0 aliphatic carbocycles. The molecule has 0 saturated carbocycles. The fraction of sp³-hybridized carbons (Fsp3) is 0.615. The number of aryl methyl sites for hydroxylation is 1. The van der Waals surface area contributed by atoms with Gasteiger partial charge >= 0.3 is 0 Å². The zero-order valence-corrected chi connectivity index (χ0v) is 11.8. The summed E-state index contributed by atoms with van der Waals surface area (Å²) in [5.41, 5.74) is 3.07. The third kappa shape index (κ3) is 4.38. The number of amides is 1. The van der Waals surface area contributed by atoms with Gasteiger partial charge in [-0.05, 0) is 26.8 Å². The smallest absolute Gasteiger partial charge is 0.242 e. The topological polar surface area (TPSA) is 82.7 Å². The number of nitrogens with zero attached hydrogens (tertiary/aromatic N) is 3. The molecule has 0 aromatic carbocycles. The summed E-state index contributed by atoms with van der Waals surface area (Å²) in [4.78, 5) is 11.6. The molecule has 2 N–H and O–H groups in total. The van der Waals surface area contributed by atoms with Crippen molar-refractivity contribution in [3.05, 3.63) is 17.0 Å². The molecule has 0 bridgehead atoms. The Kier molecular flexibility index (Phi) is 6.03. The van der Waals surface area contributed by atoms with Gasteiger partial charge in [-0.25, -0.2) is 0 Å². The number of hydrogen-bond donors (Lipinski definition) is 2. The van der Waals surface area contributed by atoms with Crippen molar-refractivity contribution in [2.24, 2.45) is 0 Å². The monoisotopic (exact) mass is 263 g/mol. The number of hydrogen-bond acceptors (Lipinski definition) is 4. The summed E-state index contributed by atoms with van der Waals surface area (Å²) < 4.78 is 1.69. The van der Waals surface area contributed by atoms with Crippen LogP contribution in [-0.4, -0.2) is 28.8 Å². The van der Waals surface area contributed by atoms with Crippen molar-refractivity contribution in [1.82, 2.24) is 20.4 Å². The minimum atomic E-state index is -0.194. The highest BCUT2D eigenvalue weighted by molar-refractivity contribution is 5.75. The fourth-order valence-corrected chi connectivity index (χ4v) is 1.86. The van der Waals surface area contributed by atoms with Crippen LogP contribution in [0.3, 0.4) is 0 Å². The minimum Gasteiger partial charge on any atom is -0.341 e. The van der Waals surface area contributed by atoms with E-state index in [2.05, 4.69) is 22.7 Å². The van der Waals surface area contributed by atoms with E-state index in [0.717, 1.165) is 36.5 Å². The van der Waals surface area contributed by atoms with Gasteiger partial charge in [0.1, 0.15) is 13.1 Å². The molecule has 104 valence electrons. The first-order valence-corrected chi connectivity index (χ1v) is 6.47. The Morgan fingerprint density at radius 2 is 2.21 bits per heavy atom. The highest BCUT2D eigenvalue weighted by Gasteiger charge is 2.13. The number of nitrogens with one attached hydrogen (secondary N) is 2. The van der Waals surface area contributed by atoms with Crippen LogP contribution in [0.5, 0.6) is 0 Å². The maximum atomic E-state index is 11.6. The van der Waals surface area contributed by atoms with Crippen molar-refractivity contribution in [3.8, 4) is 6.07 Å². The molecule has 1 rings (SSSR count). The normalized spacial score (nSPS) is 10.2. The van der Waals surface area contributed by atoms with Gasteiger partial charge in [0.15, 0.2) is 0 Å². The summed E-state index contributed by atoms with van der Waals surface area (Å²) in [6, 6.07) is 1.88. The zero-order valence-electron chi connectivity index (χ0n) is 11.8. The Balaban J connectivity index is 2.68. The molecule has 0 radical (unpaired) electrons. The van der Waals surface area contributed by atoms with Crippen LogP contribution in [0.25, 0.3) is 0 Å². The van der Waals surface area contributed by atoms with Crippen LogP contribution in [-0.2, 0) is 17.9 Å². The Labute approximate surface area is 113 Å². The zero-order chi connectivity index (χ0) is 14.3. The minimum absolute atomic E-state index is 0.0308. The molecule has 0 aliphatic rings. The van der Waals surface area contributed by atoms with Gasteiger partial charge < -0.3 is 10.6 Å². The Bertz CT molecular complexity index is 472. The maximum absolute atomic E-state index is 11.6. The third-order valence-electron chi connectivity index (χ3n) is 2.92. The maximum Gasteiger partial charge on any atom is 0.242 e. The lowest BCUT2D eigenvalue weighted by atomic mass is 10.2. The average Bonchev–Trinajstić information content (AvgIpc) is 2.64. The van der Waals surface area contributed by atoms with Crippen molar-refractivity contribution in [1.29, 1.82) is 5.26 Å². The molecule has 19 heavy (non-hydrogen) atoms. The molecule has 0 saturated heterocycles. The first kappa shape index (κ1) is 15.2. The largest absolute Gasteiger partial charge is 0.341 e. The fourth-order valence-electron chi connectivity index (χ4n) is 1.86. The first-order chi connectivity index (χ1) is 9.10. The summed E-state index contributed by atoms with van der Waals surface area (Å²) >= 11 is 0.